The third kappa shape index (κ3) is 3.49. The predicted octanol–water partition coefficient (Wildman–Crippen LogP) is 0.854. The van der Waals surface area contributed by atoms with Crippen molar-refractivity contribution in [3.63, 3.8) is 0 Å². The van der Waals surface area contributed by atoms with Gasteiger partial charge in [-0.2, -0.15) is 0 Å². The van der Waals surface area contributed by atoms with Crippen molar-refractivity contribution in [3.8, 4) is 11.5 Å². The van der Waals surface area contributed by atoms with Gasteiger partial charge in [0.2, 0.25) is 0 Å². The number of carboxylic acids is 1. The van der Waals surface area contributed by atoms with E-state index in [0.29, 0.717) is 11.5 Å². The molecule has 0 aliphatic rings. The number of aliphatic carboxylic acids is 1. The number of carbonyl (C=O) groups is 2. The van der Waals surface area contributed by atoms with Crippen molar-refractivity contribution in [3.05, 3.63) is 46.4 Å². The average molecular weight is 320 g/mol. The van der Waals surface area contributed by atoms with Crippen LogP contribution in [-0.2, 0) is 9.53 Å². The molecule has 1 unspecified atom stereocenters. The van der Waals surface area contributed by atoms with Crippen molar-refractivity contribution < 1.29 is 23.8 Å². The molecule has 0 bridgehead atoms. The Labute approximate surface area is 131 Å². The van der Waals surface area contributed by atoms with E-state index >= 15 is 0 Å². The summed E-state index contributed by atoms with van der Waals surface area (Å²) in [6, 6.07) is 6.13. The van der Waals surface area contributed by atoms with Crippen molar-refractivity contribution in [2.45, 2.75) is 12.5 Å². The highest BCUT2D eigenvalue weighted by atomic mass is 16.5. The molecule has 2 aromatic heterocycles. The molecule has 122 valence electrons. The zero-order valence-corrected chi connectivity index (χ0v) is 12.6. The Morgan fingerprint density at radius 2 is 2.13 bits per heavy atom. The smallest absolute Gasteiger partial charge is 0.331 e. The third-order valence-corrected chi connectivity index (χ3v) is 3.24. The number of rotatable bonds is 6. The van der Waals surface area contributed by atoms with Gasteiger partial charge in [-0.05, 0) is 31.2 Å². The van der Waals surface area contributed by atoms with Crippen LogP contribution in [0.3, 0.4) is 0 Å². The lowest BCUT2D eigenvalue weighted by Crippen LogP contribution is -2.56. The van der Waals surface area contributed by atoms with E-state index < -0.39 is 23.0 Å². The maximum absolute atomic E-state index is 12.2. The highest BCUT2D eigenvalue weighted by molar-refractivity contribution is 5.97. The van der Waals surface area contributed by atoms with Crippen LogP contribution in [0.25, 0.3) is 11.5 Å². The Hall–Kier alpha value is -2.87. The molecular formula is C15H16N2O6. The minimum atomic E-state index is -1.64. The minimum absolute atomic E-state index is 0.205. The molecular weight excluding hydrogens is 304 g/mol. The minimum Gasteiger partial charge on any atom is -0.479 e. The maximum Gasteiger partial charge on any atom is 0.331 e. The Morgan fingerprint density at radius 1 is 1.39 bits per heavy atom. The fraction of sp³-hybridized carbons (Fsp3) is 0.267. The van der Waals surface area contributed by atoms with E-state index in [9.17, 15) is 19.5 Å². The highest BCUT2D eigenvalue weighted by Crippen LogP contribution is 2.16. The Kier molecular flexibility index (Phi) is 4.65. The Bertz CT molecular complexity index is 765. The topological polar surface area (TPSA) is 122 Å². The summed E-state index contributed by atoms with van der Waals surface area (Å²) in [7, 11) is 1.32. The van der Waals surface area contributed by atoms with Gasteiger partial charge in [0.1, 0.15) is 11.3 Å². The summed E-state index contributed by atoms with van der Waals surface area (Å²) < 4.78 is 9.96. The van der Waals surface area contributed by atoms with Crippen molar-refractivity contribution in [2.75, 3.05) is 13.7 Å². The molecule has 2 heterocycles. The quantitative estimate of drug-likeness (QED) is 0.725. The number of pyridine rings is 1. The number of hydrogen-bond donors (Lipinski definition) is 3. The van der Waals surface area contributed by atoms with E-state index in [0.717, 1.165) is 0 Å². The van der Waals surface area contributed by atoms with E-state index in [4.69, 9.17) is 9.15 Å². The van der Waals surface area contributed by atoms with Gasteiger partial charge in [0, 0.05) is 7.11 Å². The lowest BCUT2D eigenvalue weighted by molar-refractivity contribution is -0.145. The first-order valence-electron chi connectivity index (χ1n) is 6.69. The summed E-state index contributed by atoms with van der Waals surface area (Å²) >= 11 is 0. The Balaban J connectivity index is 2.26. The van der Waals surface area contributed by atoms with Crippen molar-refractivity contribution in [2.24, 2.45) is 0 Å². The number of aromatic nitrogens is 1. The fourth-order valence-corrected chi connectivity index (χ4v) is 1.99. The van der Waals surface area contributed by atoms with Gasteiger partial charge in [-0.1, -0.05) is 0 Å². The summed E-state index contributed by atoms with van der Waals surface area (Å²) in [4.78, 5) is 38.0. The van der Waals surface area contributed by atoms with Gasteiger partial charge in [-0.3, -0.25) is 9.59 Å². The first-order chi connectivity index (χ1) is 10.9. The molecule has 3 N–H and O–H groups in total. The summed E-state index contributed by atoms with van der Waals surface area (Å²) in [6.45, 7) is 1.05. The van der Waals surface area contributed by atoms with Crippen LogP contribution in [0.4, 0.5) is 0 Å². The number of ether oxygens (including phenoxy) is 1. The molecule has 0 radical (unpaired) electrons. The number of carboxylic acid groups (broad SMARTS) is 1. The second-order valence-electron chi connectivity index (χ2n) is 5.12. The van der Waals surface area contributed by atoms with E-state index in [1.54, 1.807) is 12.1 Å². The van der Waals surface area contributed by atoms with Crippen LogP contribution in [0, 0.1) is 0 Å². The fourth-order valence-electron chi connectivity index (χ4n) is 1.99. The largest absolute Gasteiger partial charge is 0.479 e. The zero-order chi connectivity index (χ0) is 17.0. The molecule has 2 aromatic rings. The number of hydrogen-bond acceptors (Lipinski definition) is 5. The molecule has 8 heteroatoms. The zero-order valence-electron chi connectivity index (χ0n) is 12.6. The summed E-state index contributed by atoms with van der Waals surface area (Å²) in [5.41, 5.74) is -2.09. The molecule has 0 aliphatic heterocycles. The molecule has 2 rings (SSSR count). The summed E-state index contributed by atoms with van der Waals surface area (Å²) in [5, 5.41) is 11.5. The highest BCUT2D eigenvalue weighted by Gasteiger charge is 2.35. The van der Waals surface area contributed by atoms with Crippen LogP contribution in [0.2, 0.25) is 0 Å². The van der Waals surface area contributed by atoms with Crippen LogP contribution in [-0.4, -0.2) is 41.2 Å². The molecule has 0 spiro atoms. The third-order valence-electron chi connectivity index (χ3n) is 3.24. The maximum atomic E-state index is 12.2. The van der Waals surface area contributed by atoms with Crippen LogP contribution in [0.15, 0.2) is 39.7 Å². The number of carbonyl (C=O) groups excluding carboxylic acids is 1. The van der Waals surface area contributed by atoms with E-state index in [-0.39, 0.29) is 12.2 Å². The summed E-state index contributed by atoms with van der Waals surface area (Å²) in [5.74, 6) is -1.63. The van der Waals surface area contributed by atoms with Crippen LogP contribution >= 0.6 is 0 Å². The normalized spacial score (nSPS) is 13.3. The van der Waals surface area contributed by atoms with Crippen LogP contribution in [0.1, 0.15) is 17.3 Å². The van der Waals surface area contributed by atoms with E-state index in [1.807, 2.05) is 0 Å². The second kappa shape index (κ2) is 6.49. The van der Waals surface area contributed by atoms with Crippen LogP contribution < -0.4 is 10.9 Å². The van der Waals surface area contributed by atoms with Gasteiger partial charge in [0.05, 0.1) is 18.6 Å². The predicted molar refractivity (Wildman–Crippen MR) is 80.1 cm³/mol. The number of amides is 1. The molecule has 1 amide bonds. The first-order valence-corrected chi connectivity index (χ1v) is 6.69. The van der Waals surface area contributed by atoms with Gasteiger partial charge < -0.3 is 24.6 Å². The number of H-pyrrole nitrogens is 1. The van der Waals surface area contributed by atoms with Gasteiger partial charge in [-0.15, -0.1) is 0 Å². The molecule has 0 fully saturated rings. The van der Waals surface area contributed by atoms with Crippen molar-refractivity contribution in [1.29, 1.82) is 0 Å². The van der Waals surface area contributed by atoms with Gasteiger partial charge in [0.15, 0.2) is 5.54 Å². The summed E-state index contributed by atoms with van der Waals surface area (Å²) in [6.07, 6.45) is 1.46. The number of methoxy groups -OCH3 is 1. The van der Waals surface area contributed by atoms with Gasteiger partial charge in [-0.25, -0.2) is 4.79 Å². The molecule has 0 saturated heterocycles. The standard InChI is InChI=1S/C15H16N2O6/c1-15(8-22-2,14(20)21)17-13(19)9-5-6-10(16-12(9)18)11-4-3-7-23-11/h3-7H,8H2,1-2H3,(H,16,18)(H,17,19)(H,20,21). The monoisotopic (exact) mass is 320 g/mol. The molecule has 0 saturated carbocycles. The molecule has 0 aliphatic carbocycles. The molecule has 8 nitrogen and oxygen atoms in total. The SMILES string of the molecule is COCC(C)(NC(=O)c1ccc(-c2ccco2)[nH]c1=O)C(=O)O. The Morgan fingerprint density at radius 3 is 2.65 bits per heavy atom. The van der Waals surface area contributed by atoms with E-state index in [2.05, 4.69) is 10.3 Å². The first kappa shape index (κ1) is 16.5. The van der Waals surface area contributed by atoms with Crippen molar-refractivity contribution in [1.82, 2.24) is 10.3 Å². The van der Waals surface area contributed by atoms with E-state index in [1.165, 1.54) is 32.4 Å². The number of nitrogens with one attached hydrogen (secondary N) is 2. The van der Waals surface area contributed by atoms with Gasteiger partial charge >= 0.3 is 5.97 Å². The molecule has 0 aromatic carbocycles. The lowest BCUT2D eigenvalue weighted by Gasteiger charge is -2.25. The number of aromatic amines is 1. The molecule has 1 atom stereocenters. The van der Waals surface area contributed by atoms with Crippen LogP contribution in [0.5, 0.6) is 0 Å². The molecule has 23 heavy (non-hydrogen) atoms. The van der Waals surface area contributed by atoms with Crippen molar-refractivity contribution >= 4 is 11.9 Å². The van der Waals surface area contributed by atoms with Gasteiger partial charge in [0.25, 0.3) is 11.5 Å². The average Bonchev–Trinajstić information content (AvgIpc) is 3.01. The number of furan rings is 1. The lowest BCUT2D eigenvalue weighted by atomic mass is 10.0. The second-order valence-corrected chi connectivity index (χ2v) is 5.12.